The number of aryl methyl sites for hydroxylation is 1. The lowest BCUT2D eigenvalue weighted by molar-refractivity contribution is 0.513. The number of pyridine rings is 1. The van der Waals surface area contributed by atoms with Crippen LogP contribution in [0.2, 0.25) is 5.15 Å². The smallest absolute Gasteiger partial charge is 0.140 e. The predicted molar refractivity (Wildman–Crippen MR) is 45.6 cm³/mol. The Morgan fingerprint density at radius 2 is 2.27 bits per heavy atom. The fraction of sp³-hybridized carbons (Fsp3) is 0.125. The van der Waals surface area contributed by atoms with Crippen molar-refractivity contribution in [1.82, 2.24) is 4.98 Å². The fourth-order valence-corrected chi connectivity index (χ4v) is 1.05. The molecule has 0 spiro atoms. The van der Waals surface area contributed by atoms with Gasteiger partial charge in [-0.3, -0.25) is 0 Å². The first kappa shape index (κ1) is 8.08. The molecule has 1 aromatic heterocycles. The predicted octanol–water partition coefficient (Wildman–Crippen LogP) is 2.57. The Labute approximate surface area is 70.2 Å². The van der Waals surface area contributed by atoms with Crippen LogP contribution in [0.5, 0.6) is 0 Å². The highest BCUT2D eigenvalue weighted by Gasteiger charge is 2.02. The van der Waals surface area contributed by atoms with Crippen LogP contribution in [0, 0.1) is 6.92 Å². The molecule has 0 aliphatic heterocycles. The van der Waals surface area contributed by atoms with E-state index in [4.69, 9.17) is 16.7 Å². The number of halogens is 1. The maximum atomic E-state index is 8.98. The Kier molecular flexibility index (Phi) is 2.15. The van der Waals surface area contributed by atoms with Crippen LogP contribution in [0.25, 0.3) is 5.76 Å². The van der Waals surface area contributed by atoms with Crippen LogP contribution in [-0.2, 0) is 0 Å². The molecule has 1 N–H and O–H groups in total. The minimum absolute atomic E-state index is 0.0532. The lowest BCUT2D eigenvalue weighted by Gasteiger charge is -2.00. The van der Waals surface area contributed by atoms with E-state index >= 15 is 0 Å². The maximum absolute atomic E-state index is 8.98. The highest BCUT2D eigenvalue weighted by Crippen LogP contribution is 2.18. The molecule has 0 fully saturated rings. The number of nitrogens with zero attached hydrogens (tertiary/aromatic N) is 1. The van der Waals surface area contributed by atoms with E-state index in [2.05, 4.69) is 11.6 Å². The van der Waals surface area contributed by atoms with E-state index in [1.165, 1.54) is 0 Å². The van der Waals surface area contributed by atoms with Gasteiger partial charge >= 0.3 is 0 Å². The summed E-state index contributed by atoms with van der Waals surface area (Å²) >= 11 is 5.69. The molecule has 0 aliphatic carbocycles. The van der Waals surface area contributed by atoms with Crippen LogP contribution in [0.15, 0.2) is 18.7 Å². The molecule has 1 aromatic rings. The van der Waals surface area contributed by atoms with Gasteiger partial charge in [0.2, 0.25) is 0 Å². The summed E-state index contributed by atoms with van der Waals surface area (Å²) in [7, 11) is 0. The molecule has 0 atom stereocenters. The molecule has 2 nitrogen and oxygen atoms in total. The third-order valence-corrected chi connectivity index (χ3v) is 1.59. The Bertz CT molecular complexity index is 296. The van der Waals surface area contributed by atoms with Gasteiger partial charge in [-0.1, -0.05) is 18.2 Å². The number of rotatable bonds is 1. The topological polar surface area (TPSA) is 33.1 Å². The summed E-state index contributed by atoms with van der Waals surface area (Å²) in [5, 5.41) is 9.27. The standard InChI is InChI=1S/C8H8ClNO/c1-5-3-4-7(6(2)11)8(9)10-5/h3-4,11H,2H2,1H3. The van der Waals surface area contributed by atoms with E-state index < -0.39 is 0 Å². The van der Waals surface area contributed by atoms with E-state index in [1.807, 2.05) is 6.92 Å². The molecule has 1 heterocycles. The number of aliphatic hydroxyl groups excluding tert-OH is 1. The van der Waals surface area contributed by atoms with Crippen molar-refractivity contribution in [2.24, 2.45) is 0 Å². The Balaban J connectivity index is 3.20. The number of hydrogen-bond donors (Lipinski definition) is 1. The van der Waals surface area contributed by atoms with Crippen LogP contribution in [0.4, 0.5) is 0 Å². The highest BCUT2D eigenvalue weighted by molar-refractivity contribution is 6.31. The van der Waals surface area contributed by atoms with Gasteiger partial charge in [0.1, 0.15) is 10.9 Å². The third kappa shape index (κ3) is 1.71. The molecule has 0 aromatic carbocycles. The number of hydrogen-bond acceptors (Lipinski definition) is 2. The first-order valence-electron chi connectivity index (χ1n) is 3.12. The van der Waals surface area contributed by atoms with Crippen molar-refractivity contribution in [3.63, 3.8) is 0 Å². The molecule has 3 heteroatoms. The molecule has 0 saturated heterocycles. The lowest BCUT2D eigenvalue weighted by Crippen LogP contribution is -1.88. The van der Waals surface area contributed by atoms with Gasteiger partial charge in [0, 0.05) is 5.69 Å². The molecular weight excluding hydrogens is 162 g/mol. The summed E-state index contributed by atoms with van der Waals surface area (Å²) in [6, 6.07) is 3.45. The zero-order chi connectivity index (χ0) is 8.43. The molecule has 0 amide bonds. The second kappa shape index (κ2) is 2.93. The Morgan fingerprint density at radius 1 is 1.64 bits per heavy atom. The van der Waals surface area contributed by atoms with Crippen molar-refractivity contribution in [2.75, 3.05) is 0 Å². The largest absolute Gasteiger partial charge is 0.508 e. The zero-order valence-corrected chi connectivity index (χ0v) is 6.89. The second-order valence-corrected chi connectivity index (χ2v) is 2.60. The molecular formula is C8H8ClNO. The quantitative estimate of drug-likeness (QED) is 0.518. The zero-order valence-electron chi connectivity index (χ0n) is 6.13. The first-order chi connectivity index (χ1) is 5.11. The Morgan fingerprint density at radius 3 is 2.73 bits per heavy atom. The second-order valence-electron chi connectivity index (χ2n) is 2.24. The van der Waals surface area contributed by atoms with Gasteiger partial charge in [0.25, 0.3) is 0 Å². The molecule has 0 unspecified atom stereocenters. The molecule has 0 aliphatic rings. The van der Waals surface area contributed by atoms with E-state index in [-0.39, 0.29) is 10.9 Å². The summed E-state index contributed by atoms with van der Waals surface area (Å²) in [5.41, 5.74) is 1.30. The molecule has 58 valence electrons. The van der Waals surface area contributed by atoms with E-state index in [0.29, 0.717) is 5.56 Å². The van der Waals surface area contributed by atoms with Crippen molar-refractivity contribution < 1.29 is 5.11 Å². The maximum Gasteiger partial charge on any atom is 0.140 e. The van der Waals surface area contributed by atoms with Gasteiger partial charge in [0.05, 0.1) is 5.56 Å². The normalized spacial score (nSPS) is 9.64. The Hall–Kier alpha value is -1.02. The van der Waals surface area contributed by atoms with Gasteiger partial charge in [-0.05, 0) is 19.1 Å². The van der Waals surface area contributed by atoms with Gasteiger partial charge in [0.15, 0.2) is 0 Å². The first-order valence-corrected chi connectivity index (χ1v) is 3.50. The van der Waals surface area contributed by atoms with Gasteiger partial charge in [-0.2, -0.15) is 0 Å². The summed E-state index contributed by atoms with van der Waals surface area (Å²) in [6.07, 6.45) is 0. The van der Waals surface area contributed by atoms with Crippen molar-refractivity contribution >= 4 is 17.4 Å². The molecule has 0 saturated carbocycles. The summed E-state index contributed by atoms with van der Waals surface area (Å²) in [5.74, 6) is -0.0532. The number of aromatic nitrogens is 1. The van der Waals surface area contributed by atoms with Crippen LogP contribution in [0.3, 0.4) is 0 Å². The van der Waals surface area contributed by atoms with Gasteiger partial charge < -0.3 is 5.11 Å². The SMILES string of the molecule is C=C(O)c1ccc(C)nc1Cl. The van der Waals surface area contributed by atoms with Crippen LogP contribution < -0.4 is 0 Å². The molecule has 0 radical (unpaired) electrons. The van der Waals surface area contributed by atoms with E-state index in [0.717, 1.165) is 5.69 Å². The highest BCUT2D eigenvalue weighted by atomic mass is 35.5. The minimum atomic E-state index is -0.0532. The summed E-state index contributed by atoms with van der Waals surface area (Å²) in [6.45, 7) is 5.18. The van der Waals surface area contributed by atoms with Crippen molar-refractivity contribution in [3.05, 3.63) is 35.1 Å². The van der Waals surface area contributed by atoms with Crippen LogP contribution >= 0.6 is 11.6 Å². The molecule has 0 bridgehead atoms. The average molecular weight is 170 g/mol. The fourth-order valence-electron chi connectivity index (χ4n) is 0.740. The lowest BCUT2D eigenvalue weighted by atomic mass is 10.2. The monoisotopic (exact) mass is 169 g/mol. The number of aliphatic hydroxyl groups is 1. The average Bonchev–Trinajstić information content (AvgIpc) is 1.85. The van der Waals surface area contributed by atoms with Gasteiger partial charge in [-0.25, -0.2) is 4.98 Å². The van der Waals surface area contributed by atoms with Crippen molar-refractivity contribution in [2.45, 2.75) is 6.92 Å². The van der Waals surface area contributed by atoms with Crippen LogP contribution in [-0.4, -0.2) is 10.1 Å². The van der Waals surface area contributed by atoms with Crippen molar-refractivity contribution in [1.29, 1.82) is 0 Å². The van der Waals surface area contributed by atoms with Gasteiger partial charge in [-0.15, -0.1) is 0 Å². The molecule has 11 heavy (non-hydrogen) atoms. The minimum Gasteiger partial charge on any atom is -0.508 e. The molecule has 1 rings (SSSR count). The summed E-state index contributed by atoms with van der Waals surface area (Å²) in [4.78, 5) is 3.94. The van der Waals surface area contributed by atoms with Crippen LogP contribution in [0.1, 0.15) is 11.3 Å². The van der Waals surface area contributed by atoms with E-state index in [9.17, 15) is 0 Å². The van der Waals surface area contributed by atoms with Crippen molar-refractivity contribution in [3.8, 4) is 0 Å². The summed E-state index contributed by atoms with van der Waals surface area (Å²) < 4.78 is 0. The third-order valence-electron chi connectivity index (χ3n) is 1.30. The van der Waals surface area contributed by atoms with E-state index in [1.54, 1.807) is 12.1 Å².